The minimum absolute atomic E-state index is 0.0731. The predicted octanol–water partition coefficient (Wildman–Crippen LogP) is 2.51. The Balaban J connectivity index is 2.50. The normalized spacial score (nSPS) is 24.4. The number of rotatable bonds is 0. The van der Waals surface area contributed by atoms with Gasteiger partial charge in [-0.25, -0.2) is 4.39 Å². The largest absolute Gasteiger partial charge is 0.358 e. The minimum atomic E-state index is -2.18. The Morgan fingerprint density at radius 3 is 2.64 bits per heavy atom. The fourth-order valence-electron chi connectivity index (χ4n) is 2.23. The summed E-state index contributed by atoms with van der Waals surface area (Å²) >= 11 is 0. The number of hydrogen-bond acceptors (Lipinski definition) is 1. The van der Waals surface area contributed by atoms with E-state index in [2.05, 4.69) is 0 Å². The smallest absolute Gasteiger partial charge is 0.237 e. The highest BCUT2D eigenvalue weighted by molar-refractivity contribution is 5.91. The standard InChI is InChI=1S/C12H9FO/c13-12(14)7-9-5-1-3-8-4-2-6-10(12)11(8)9/h1-6,14H,7H2. The lowest BCUT2D eigenvalue weighted by atomic mass is 10.1. The molecule has 1 aliphatic rings. The summed E-state index contributed by atoms with van der Waals surface area (Å²) in [4.78, 5) is 0. The molecule has 2 aromatic rings. The fraction of sp³-hybridized carbons (Fsp3) is 0.167. The topological polar surface area (TPSA) is 20.2 Å². The van der Waals surface area contributed by atoms with Crippen LogP contribution in [0.2, 0.25) is 0 Å². The maximum atomic E-state index is 13.7. The summed E-state index contributed by atoms with van der Waals surface area (Å²) in [6, 6.07) is 11.1. The average Bonchev–Trinajstić information content (AvgIpc) is 2.41. The van der Waals surface area contributed by atoms with Gasteiger partial charge in [-0.3, -0.25) is 0 Å². The summed E-state index contributed by atoms with van der Waals surface area (Å²) < 4.78 is 13.7. The highest BCUT2D eigenvalue weighted by atomic mass is 19.2. The fourth-order valence-corrected chi connectivity index (χ4v) is 2.23. The lowest BCUT2D eigenvalue weighted by Gasteiger charge is -2.12. The van der Waals surface area contributed by atoms with Crippen molar-refractivity contribution in [2.75, 3.05) is 0 Å². The van der Waals surface area contributed by atoms with E-state index in [4.69, 9.17) is 0 Å². The van der Waals surface area contributed by atoms with Crippen molar-refractivity contribution in [2.24, 2.45) is 0 Å². The summed E-state index contributed by atoms with van der Waals surface area (Å²) in [6.07, 6.45) is 0.0731. The third-order valence-electron chi connectivity index (χ3n) is 2.83. The molecule has 1 unspecified atom stereocenters. The van der Waals surface area contributed by atoms with Gasteiger partial charge in [0.25, 0.3) is 0 Å². The second kappa shape index (κ2) is 2.34. The zero-order valence-electron chi connectivity index (χ0n) is 7.50. The van der Waals surface area contributed by atoms with Crippen LogP contribution < -0.4 is 0 Å². The highest BCUT2D eigenvalue weighted by Gasteiger charge is 2.37. The van der Waals surface area contributed by atoms with Crippen LogP contribution in [-0.2, 0) is 12.3 Å². The molecule has 0 aliphatic heterocycles. The Morgan fingerprint density at radius 2 is 1.86 bits per heavy atom. The van der Waals surface area contributed by atoms with Crippen molar-refractivity contribution >= 4 is 10.8 Å². The van der Waals surface area contributed by atoms with Crippen LogP contribution in [0.3, 0.4) is 0 Å². The van der Waals surface area contributed by atoms with Gasteiger partial charge in [-0.15, -0.1) is 0 Å². The SMILES string of the molecule is OC1(F)Cc2cccc3cccc1c23. The van der Waals surface area contributed by atoms with Crippen LogP contribution in [0.5, 0.6) is 0 Å². The summed E-state index contributed by atoms with van der Waals surface area (Å²) in [5, 5.41) is 11.4. The van der Waals surface area contributed by atoms with Gasteiger partial charge in [0.1, 0.15) is 0 Å². The lowest BCUT2D eigenvalue weighted by molar-refractivity contribution is -0.0888. The highest BCUT2D eigenvalue weighted by Crippen LogP contribution is 2.41. The molecule has 1 N–H and O–H groups in total. The molecule has 0 amide bonds. The summed E-state index contributed by atoms with van der Waals surface area (Å²) in [7, 11) is 0. The summed E-state index contributed by atoms with van der Waals surface area (Å²) in [5.41, 5.74) is 1.30. The van der Waals surface area contributed by atoms with E-state index in [9.17, 15) is 9.50 Å². The molecule has 3 rings (SSSR count). The van der Waals surface area contributed by atoms with E-state index in [1.807, 2.05) is 24.3 Å². The molecule has 1 aliphatic carbocycles. The molecule has 0 saturated heterocycles. The molecule has 0 saturated carbocycles. The van der Waals surface area contributed by atoms with E-state index >= 15 is 0 Å². The number of aliphatic hydroxyl groups is 1. The van der Waals surface area contributed by atoms with Crippen LogP contribution in [0, 0.1) is 0 Å². The molecule has 0 fully saturated rings. The zero-order valence-corrected chi connectivity index (χ0v) is 7.50. The van der Waals surface area contributed by atoms with Crippen molar-refractivity contribution in [2.45, 2.75) is 12.3 Å². The molecule has 0 bridgehead atoms. The molecule has 2 aromatic carbocycles. The Hall–Kier alpha value is -1.41. The van der Waals surface area contributed by atoms with E-state index in [0.717, 1.165) is 16.3 Å². The van der Waals surface area contributed by atoms with E-state index in [-0.39, 0.29) is 6.42 Å². The molecular formula is C12H9FO. The number of alkyl halides is 1. The first-order chi connectivity index (χ1) is 6.68. The number of hydrogen-bond donors (Lipinski definition) is 1. The van der Waals surface area contributed by atoms with Gasteiger partial charge in [0.2, 0.25) is 5.85 Å². The van der Waals surface area contributed by atoms with Crippen LogP contribution >= 0.6 is 0 Å². The van der Waals surface area contributed by atoms with Crippen LogP contribution in [0.1, 0.15) is 11.1 Å². The molecular weight excluding hydrogens is 179 g/mol. The van der Waals surface area contributed by atoms with Crippen LogP contribution in [0.4, 0.5) is 4.39 Å². The Labute approximate surface area is 80.8 Å². The Kier molecular flexibility index (Phi) is 1.33. The van der Waals surface area contributed by atoms with Gasteiger partial charge >= 0.3 is 0 Å². The van der Waals surface area contributed by atoms with Crippen LogP contribution in [0.15, 0.2) is 36.4 Å². The molecule has 0 spiro atoms. The van der Waals surface area contributed by atoms with Crippen molar-refractivity contribution in [3.63, 3.8) is 0 Å². The van der Waals surface area contributed by atoms with Gasteiger partial charge in [0, 0.05) is 12.0 Å². The first kappa shape index (κ1) is 7.94. The molecule has 1 nitrogen and oxygen atoms in total. The van der Waals surface area contributed by atoms with Crippen molar-refractivity contribution in [3.05, 3.63) is 47.5 Å². The third kappa shape index (κ3) is 0.863. The molecule has 70 valence electrons. The number of benzene rings is 2. The van der Waals surface area contributed by atoms with E-state index in [1.165, 1.54) is 0 Å². The number of halogens is 1. The third-order valence-corrected chi connectivity index (χ3v) is 2.83. The molecule has 14 heavy (non-hydrogen) atoms. The predicted molar refractivity (Wildman–Crippen MR) is 52.7 cm³/mol. The van der Waals surface area contributed by atoms with Gasteiger partial charge in [-0.2, -0.15) is 0 Å². The Bertz CT molecular complexity index is 511. The molecule has 1 atom stereocenters. The van der Waals surface area contributed by atoms with Crippen molar-refractivity contribution < 1.29 is 9.50 Å². The van der Waals surface area contributed by atoms with Gasteiger partial charge in [-0.1, -0.05) is 36.4 Å². The molecule has 0 radical (unpaired) electrons. The van der Waals surface area contributed by atoms with Crippen LogP contribution in [0.25, 0.3) is 10.8 Å². The van der Waals surface area contributed by atoms with E-state index in [1.54, 1.807) is 12.1 Å². The van der Waals surface area contributed by atoms with Gasteiger partial charge < -0.3 is 5.11 Å². The zero-order chi connectivity index (χ0) is 9.76. The summed E-state index contributed by atoms with van der Waals surface area (Å²) in [5.74, 6) is -2.18. The van der Waals surface area contributed by atoms with Gasteiger partial charge in [0.05, 0.1) is 0 Å². The van der Waals surface area contributed by atoms with Crippen molar-refractivity contribution in [1.29, 1.82) is 0 Å². The first-order valence-corrected chi connectivity index (χ1v) is 4.61. The summed E-state index contributed by atoms with van der Waals surface area (Å²) in [6.45, 7) is 0. The van der Waals surface area contributed by atoms with E-state index < -0.39 is 5.85 Å². The second-order valence-electron chi connectivity index (χ2n) is 3.76. The lowest BCUT2D eigenvalue weighted by Crippen LogP contribution is -2.17. The average molecular weight is 188 g/mol. The minimum Gasteiger partial charge on any atom is -0.358 e. The van der Waals surface area contributed by atoms with E-state index in [0.29, 0.717) is 5.56 Å². The quantitative estimate of drug-likeness (QED) is 0.673. The maximum Gasteiger partial charge on any atom is 0.237 e. The monoisotopic (exact) mass is 188 g/mol. The molecule has 2 heteroatoms. The molecule has 0 aromatic heterocycles. The molecule has 0 heterocycles. The van der Waals surface area contributed by atoms with Gasteiger partial charge in [-0.05, 0) is 16.3 Å². The first-order valence-electron chi connectivity index (χ1n) is 4.61. The van der Waals surface area contributed by atoms with Crippen molar-refractivity contribution in [3.8, 4) is 0 Å². The second-order valence-corrected chi connectivity index (χ2v) is 3.76. The van der Waals surface area contributed by atoms with Crippen LogP contribution in [-0.4, -0.2) is 5.11 Å². The maximum absolute atomic E-state index is 13.7. The van der Waals surface area contributed by atoms with Gasteiger partial charge in [0.15, 0.2) is 0 Å². The Morgan fingerprint density at radius 1 is 1.14 bits per heavy atom. The van der Waals surface area contributed by atoms with Crippen molar-refractivity contribution in [1.82, 2.24) is 0 Å².